The number of fused-ring (bicyclic) bond motifs is 2. The van der Waals surface area contributed by atoms with Gasteiger partial charge in [0.05, 0.1) is 0 Å². The van der Waals surface area contributed by atoms with Gasteiger partial charge < -0.3 is 5.73 Å². The molecule has 0 spiro atoms. The van der Waals surface area contributed by atoms with Gasteiger partial charge in [-0.3, -0.25) is 0 Å². The van der Waals surface area contributed by atoms with E-state index in [1.54, 1.807) is 0 Å². The molecule has 19 heavy (non-hydrogen) atoms. The minimum Gasteiger partial charge on any atom is -0.398 e. The van der Waals surface area contributed by atoms with E-state index < -0.39 is 0 Å². The maximum absolute atomic E-state index is 6.36. The predicted molar refractivity (Wildman–Crippen MR) is 81.2 cm³/mol. The Hall–Kier alpha value is -2.28. The van der Waals surface area contributed by atoms with Crippen molar-refractivity contribution in [3.8, 4) is 11.1 Å². The number of anilines is 1. The van der Waals surface area contributed by atoms with Crippen LogP contribution in [0, 0.1) is 0 Å². The molecule has 0 amide bonds. The van der Waals surface area contributed by atoms with Crippen molar-refractivity contribution in [2.45, 2.75) is 12.8 Å². The lowest BCUT2D eigenvalue weighted by Crippen LogP contribution is -2.07. The van der Waals surface area contributed by atoms with Gasteiger partial charge in [-0.25, -0.2) is 0 Å². The van der Waals surface area contributed by atoms with Gasteiger partial charge in [-0.2, -0.15) is 0 Å². The zero-order valence-corrected chi connectivity index (χ0v) is 10.7. The largest absolute Gasteiger partial charge is 0.398 e. The van der Waals surface area contributed by atoms with Crippen LogP contribution in [0.3, 0.4) is 0 Å². The Morgan fingerprint density at radius 3 is 2.42 bits per heavy atom. The van der Waals surface area contributed by atoms with E-state index in [4.69, 9.17) is 5.73 Å². The minimum absolute atomic E-state index is 0.886. The second-order valence-corrected chi connectivity index (χ2v) is 5.23. The normalized spacial score (nSPS) is 13.1. The van der Waals surface area contributed by atoms with E-state index in [-0.39, 0.29) is 0 Å². The van der Waals surface area contributed by atoms with E-state index in [2.05, 4.69) is 42.5 Å². The van der Waals surface area contributed by atoms with Gasteiger partial charge in [0, 0.05) is 16.6 Å². The van der Waals surface area contributed by atoms with E-state index in [0.29, 0.717) is 0 Å². The Kier molecular flexibility index (Phi) is 2.16. The van der Waals surface area contributed by atoms with E-state index in [1.165, 1.54) is 34.9 Å². The van der Waals surface area contributed by atoms with Crippen LogP contribution in [-0.4, -0.2) is 0 Å². The summed E-state index contributed by atoms with van der Waals surface area (Å²) < 4.78 is 0. The molecular weight excluding hydrogens is 230 g/mol. The van der Waals surface area contributed by atoms with Crippen molar-refractivity contribution < 1.29 is 0 Å². The van der Waals surface area contributed by atoms with Crippen LogP contribution in [0.2, 0.25) is 0 Å². The number of hydrogen-bond donors (Lipinski definition) is 1. The summed E-state index contributed by atoms with van der Waals surface area (Å²) in [6, 6.07) is 19.3. The molecule has 0 saturated carbocycles. The first-order chi connectivity index (χ1) is 9.33. The highest BCUT2D eigenvalue weighted by atomic mass is 14.6. The molecule has 0 radical (unpaired) electrons. The second-order valence-electron chi connectivity index (χ2n) is 5.23. The van der Waals surface area contributed by atoms with Crippen molar-refractivity contribution in [1.82, 2.24) is 0 Å². The molecule has 0 fully saturated rings. The number of benzene rings is 3. The van der Waals surface area contributed by atoms with Crippen molar-refractivity contribution >= 4 is 16.5 Å². The van der Waals surface area contributed by atoms with Crippen molar-refractivity contribution in [1.29, 1.82) is 0 Å². The van der Waals surface area contributed by atoms with Gasteiger partial charge in [-0.1, -0.05) is 54.6 Å². The highest BCUT2D eigenvalue weighted by Gasteiger charge is 2.14. The van der Waals surface area contributed by atoms with Gasteiger partial charge in [0.1, 0.15) is 0 Å². The molecule has 0 aromatic heterocycles. The average molecular weight is 245 g/mol. The van der Waals surface area contributed by atoms with Crippen molar-refractivity contribution in [3.63, 3.8) is 0 Å². The van der Waals surface area contributed by atoms with Crippen LogP contribution < -0.4 is 5.73 Å². The Morgan fingerprint density at radius 2 is 1.63 bits per heavy atom. The summed E-state index contributed by atoms with van der Waals surface area (Å²) in [5.74, 6) is 0. The molecule has 4 rings (SSSR count). The second kappa shape index (κ2) is 3.86. The minimum atomic E-state index is 0.886. The smallest absolute Gasteiger partial charge is 0.0473 e. The van der Waals surface area contributed by atoms with Crippen LogP contribution in [0.25, 0.3) is 21.9 Å². The highest BCUT2D eigenvalue weighted by Crippen LogP contribution is 2.35. The molecule has 1 aliphatic carbocycles. The lowest BCUT2D eigenvalue weighted by Gasteiger charge is -2.20. The summed E-state index contributed by atoms with van der Waals surface area (Å²) >= 11 is 0. The quantitative estimate of drug-likeness (QED) is 0.639. The van der Waals surface area contributed by atoms with E-state index >= 15 is 0 Å². The summed E-state index contributed by atoms with van der Waals surface area (Å²) in [6.45, 7) is 0. The molecule has 92 valence electrons. The zero-order chi connectivity index (χ0) is 12.8. The summed E-state index contributed by atoms with van der Waals surface area (Å²) in [6.07, 6.45) is 2.43. The van der Waals surface area contributed by atoms with Crippen LogP contribution in [0.4, 0.5) is 5.69 Å². The number of rotatable bonds is 1. The molecular formula is C18H15N. The van der Waals surface area contributed by atoms with Crippen molar-refractivity contribution in [2.24, 2.45) is 0 Å². The van der Waals surface area contributed by atoms with E-state index in [0.717, 1.165) is 16.6 Å². The third kappa shape index (κ3) is 1.55. The molecule has 0 bridgehead atoms. The van der Waals surface area contributed by atoms with Gasteiger partial charge in [0.2, 0.25) is 0 Å². The fourth-order valence-corrected chi connectivity index (χ4v) is 2.91. The monoisotopic (exact) mass is 245 g/mol. The Bertz CT molecular complexity index is 787. The molecule has 1 nitrogen and oxygen atoms in total. The topological polar surface area (TPSA) is 26.0 Å². The summed E-state index contributed by atoms with van der Waals surface area (Å²) in [5, 5.41) is 2.34. The zero-order valence-electron chi connectivity index (χ0n) is 10.7. The number of aryl methyl sites for hydroxylation is 2. The maximum atomic E-state index is 6.36. The molecule has 1 aliphatic rings. The van der Waals surface area contributed by atoms with Crippen molar-refractivity contribution in [3.05, 3.63) is 65.7 Å². The Balaban J connectivity index is 1.95. The van der Waals surface area contributed by atoms with Crippen LogP contribution >= 0.6 is 0 Å². The van der Waals surface area contributed by atoms with Crippen LogP contribution in [0.15, 0.2) is 54.6 Å². The summed E-state index contributed by atoms with van der Waals surface area (Å²) in [7, 11) is 0. The molecule has 3 aromatic rings. The van der Waals surface area contributed by atoms with Crippen LogP contribution in [0.5, 0.6) is 0 Å². The summed E-state index contributed by atoms with van der Waals surface area (Å²) in [5.41, 5.74) is 12.6. The third-order valence-corrected chi connectivity index (χ3v) is 4.15. The number of hydrogen-bond acceptors (Lipinski definition) is 1. The fourth-order valence-electron chi connectivity index (χ4n) is 2.91. The molecule has 0 saturated heterocycles. The molecule has 1 heteroatoms. The van der Waals surface area contributed by atoms with E-state index in [1.807, 2.05) is 12.1 Å². The van der Waals surface area contributed by atoms with Crippen molar-refractivity contribution in [2.75, 3.05) is 5.73 Å². The number of nitrogen functional groups attached to an aromatic ring is 1. The van der Waals surface area contributed by atoms with Crippen LogP contribution in [0.1, 0.15) is 11.1 Å². The first kappa shape index (κ1) is 10.6. The maximum Gasteiger partial charge on any atom is 0.0473 e. The Labute approximate surface area is 112 Å². The predicted octanol–water partition coefficient (Wildman–Crippen LogP) is 4.19. The molecule has 0 unspecified atom stereocenters. The molecule has 0 heterocycles. The lowest BCUT2D eigenvalue weighted by atomic mass is 9.85. The molecule has 0 aliphatic heterocycles. The molecule has 2 N–H and O–H groups in total. The van der Waals surface area contributed by atoms with Gasteiger partial charge in [-0.05, 0) is 34.9 Å². The Morgan fingerprint density at radius 1 is 0.789 bits per heavy atom. The highest BCUT2D eigenvalue weighted by molar-refractivity contribution is 6.00. The third-order valence-electron chi connectivity index (χ3n) is 4.15. The van der Waals surface area contributed by atoms with Gasteiger partial charge in [-0.15, -0.1) is 0 Å². The molecule has 0 atom stereocenters. The van der Waals surface area contributed by atoms with Gasteiger partial charge >= 0.3 is 0 Å². The lowest BCUT2D eigenvalue weighted by molar-refractivity contribution is 0.840. The standard InChI is InChI=1S/C18H15N/c19-18-16-4-2-1-3-13(16)9-10-17(18)15-8-6-12-5-7-14(12)11-15/h1-4,6,8-11H,5,7,19H2. The molecule has 3 aromatic carbocycles. The SMILES string of the molecule is Nc1c(-c2ccc3c(c2)CC3)ccc2ccccc12. The van der Waals surface area contributed by atoms with E-state index in [9.17, 15) is 0 Å². The average Bonchev–Trinajstić information content (AvgIpc) is 2.42. The summed E-state index contributed by atoms with van der Waals surface area (Å²) in [4.78, 5) is 0. The van der Waals surface area contributed by atoms with Crippen LogP contribution in [-0.2, 0) is 12.8 Å². The first-order valence-electron chi connectivity index (χ1n) is 6.72. The van der Waals surface area contributed by atoms with Gasteiger partial charge in [0.15, 0.2) is 0 Å². The number of nitrogens with two attached hydrogens (primary N) is 1. The first-order valence-corrected chi connectivity index (χ1v) is 6.72. The fraction of sp³-hybridized carbons (Fsp3) is 0.111. The van der Waals surface area contributed by atoms with Gasteiger partial charge in [0.25, 0.3) is 0 Å².